The van der Waals surface area contributed by atoms with Gasteiger partial charge in [0.2, 0.25) is 0 Å². The summed E-state index contributed by atoms with van der Waals surface area (Å²) >= 11 is 0. The maximum atomic E-state index is 11.8. The van der Waals surface area contributed by atoms with Crippen molar-refractivity contribution in [1.82, 2.24) is 0 Å². The van der Waals surface area contributed by atoms with E-state index in [-0.39, 0.29) is 29.7 Å². The van der Waals surface area contributed by atoms with E-state index in [0.717, 1.165) is 0 Å². The molecule has 6 nitrogen and oxygen atoms in total. The molecule has 7 heteroatoms. The first kappa shape index (κ1) is 15.6. The molecule has 0 radical (unpaired) electrons. The van der Waals surface area contributed by atoms with Gasteiger partial charge in [0.15, 0.2) is 9.84 Å². The van der Waals surface area contributed by atoms with Crippen LogP contribution in [-0.4, -0.2) is 30.9 Å². The van der Waals surface area contributed by atoms with Crippen molar-refractivity contribution in [2.24, 2.45) is 5.73 Å². The van der Waals surface area contributed by atoms with Gasteiger partial charge < -0.3 is 5.73 Å². The van der Waals surface area contributed by atoms with Crippen LogP contribution in [-0.2, 0) is 16.3 Å². The maximum absolute atomic E-state index is 11.8. The number of aryl methyl sites for hydroxylation is 1. The van der Waals surface area contributed by atoms with Crippen LogP contribution in [0.2, 0.25) is 0 Å². The van der Waals surface area contributed by atoms with E-state index in [1.165, 1.54) is 6.07 Å². The van der Waals surface area contributed by atoms with Gasteiger partial charge >= 0.3 is 0 Å². The molecule has 0 amide bonds. The second-order valence-corrected chi connectivity index (χ2v) is 6.86. The summed E-state index contributed by atoms with van der Waals surface area (Å²) in [5.74, 6) is -0.0735. The molecule has 0 saturated heterocycles. The van der Waals surface area contributed by atoms with Gasteiger partial charge in [-0.1, -0.05) is 18.2 Å². The molecule has 1 aromatic carbocycles. The average molecular weight is 286 g/mol. The first-order chi connectivity index (χ1) is 8.82. The van der Waals surface area contributed by atoms with Gasteiger partial charge in [0.05, 0.1) is 16.4 Å². The van der Waals surface area contributed by atoms with Gasteiger partial charge in [-0.05, 0) is 19.8 Å². The van der Waals surface area contributed by atoms with Crippen LogP contribution in [0.5, 0.6) is 0 Å². The average Bonchev–Trinajstić information content (AvgIpc) is 2.34. The number of nitrogens with two attached hydrogens (primary N) is 1. The smallest absolute Gasteiger partial charge is 0.272 e. The van der Waals surface area contributed by atoms with Crippen molar-refractivity contribution in [2.75, 3.05) is 11.5 Å². The number of para-hydroxylation sites is 1. The highest BCUT2D eigenvalue weighted by Crippen LogP contribution is 2.18. The standard InChI is InChI=1S/C12H18N2O4S/c1-10(13)6-8-19(17,18)9-7-11-4-2-3-5-12(11)14(15)16/h2-5,10H,6-9,13H2,1H3. The molecular weight excluding hydrogens is 268 g/mol. The summed E-state index contributed by atoms with van der Waals surface area (Å²) in [4.78, 5) is 10.3. The molecule has 19 heavy (non-hydrogen) atoms. The summed E-state index contributed by atoms with van der Waals surface area (Å²) in [6.45, 7) is 1.75. The van der Waals surface area contributed by atoms with E-state index in [0.29, 0.717) is 12.0 Å². The van der Waals surface area contributed by atoms with Gasteiger partial charge in [0, 0.05) is 17.7 Å². The van der Waals surface area contributed by atoms with E-state index in [1.54, 1.807) is 25.1 Å². The number of rotatable bonds is 7. The minimum Gasteiger partial charge on any atom is -0.328 e. The topological polar surface area (TPSA) is 103 Å². The fraction of sp³-hybridized carbons (Fsp3) is 0.500. The van der Waals surface area contributed by atoms with Crippen molar-refractivity contribution < 1.29 is 13.3 Å². The van der Waals surface area contributed by atoms with E-state index >= 15 is 0 Å². The first-order valence-corrected chi connectivity index (χ1v) is 7.82. The molecule has 1 atom stereocenters. The van der Waals surface area contributed by atoms with Crippen LogP contribution in [0, 0.1) is 10.1 Å². The molecule has 1 aromatic rings. The Balaban J connectivity index is 2.69. The third-order valence-corrected chi connectivity index (χ3v) is 4.44. The van der Waals surface area contributed by atoms with Crippen LogP contribution >= 0.6 is 0 Å². The highest BCUT2D eigenvalue weighted by atomic mass is 32.2. The molecular formula is C12H18N2O4S. The molecule has 0 aromatic heterocycles. The zero-order chi connectivity index (χ0) is 14.5. The summed E-state index contributed by atoms with van der Waals surface area (Å²) in [7, 11) is -3.22. The minimum atomic E-state index is -3.22. The monoisotopic (exact) mass is 286 g/mol. The van der Waals surface area contributed by atoms with Crippen molar-refractivity contribution in [1.29, 1.82) is 0 Å². The van der Waals surface area contributed by atoms with E-state index in [9.17, 15) is 18.5 Å². The lowest BCUT2D eigenvalue weighted by molar-refractivity contribution is -0.385. The Hall–Kier alpha value is -1.47. The van der Waals surface area contributed by atoms with Crippen LogP contribution < -0.4 is 5.73 Å². The Morgan fingerprint density at radius 1 is 1.32 bits per heavy atom. The van der Waals surface area contributed by atoms with Crippen molar-refractivity contribution >= 4 is 15.5 Å². The normalized spacial score (nSPS) is 13.2. The lowest BCUT2D eigenvalue weighted by Crippen LogP contribution is -2.22. The fourth-order valence-electron chi connectivity index (χ4n) is 1.63. The summed E-state index contributed by atoms with van der Waals surface area (Å²) < 4.78 is 23.5. The van der Waals surface area contributed by atoms with Gasteiger partial charge in [-0.15, -0.1) is 0 Å². The SMILES string of the molecule is CC(N)CCS(=O)(=O)CCc1ccccc1[N+](=O)[O-]. The van der Waals surface area contributed by atoms with Crippen LogP contribution in [0.15, 0.2) is 24.3 Å². The van der Waals surface area contributed by atoms with E-state index in [2.05, 4.69) is 0 Å². The van der Waals surface area contributed by atoms with Crippen LogP contribution in [0.1, 0.15) is 18.9 Å². The molecule has 1 rings (SSSR count). The third kappa shape index (κ3) is 5.35. The highest BCUT2D eigenvalue weighted by molar-refractivity contribution is 7.91. The molecule has 1 unspecified atom stereocenters. The Labute approximate surface area is 112 Å². The number of sulfone groups is 1. The quantitative estimate of drug-likeness (QED) is 0.601. The van der Waals surface area contributed by atoms with Gasteiger partial charge in [0.25, 0.3) is 5.69 Å². The lowest BCUT2D eigenvalue weighted by atomic mass is 10.1. The molecule has 0 aliphatic heterocycles. The molecule has 0 fully saturated rings. The van der Waals surface area contributed by atoms with Crippen LogP contribution in [0.4, 0.5) is 5.69 Å². The second kappa shape index (κ2) is 6.63. The van der Waals surface area contributed by atoms with Gasteiger partial charge in [-0.3, -0.25) is 10.1 Å². The predicted molar refractivity (Wildman–Crippen MR) is 73.7 cm³/mol. The lowest BCUT2D eigenvalue weighted by Gasteiger charge is -2.07. The zero-order valence-corrected chi connectivity index (χ0v) is 11.6. The summed E-state index contributed by atoms with van der Waals surface area (Å²) in [5.41, 5.74) is 5.92. The Morgan fingerprint density at radius 2 is 1.95 bits per heavy atom. The summed E-state index contributed by atoms with van der Waals surface area (Å²) in [6, 6.07) is 6.02. The van der Waals surface area contributed by atoms with Crippen molar-refractivity contribution in [3.05, 3.63) is 39.9 Å². The van der Waals surface area contributed by atoms with Crippen LogP contribution in [0.3, 0.4) is 0 Å². The van der Waals surface area contributed by atoms with Gasteiger partial charge in [0.1, 0.15) is 0 Å². The van der Waals surface area contributed by atoms with Crippen molar-refractivity contribution in [3.8, 4) is 0 Å². The molecule has 0 bridgehead atoms. The summed E-state index contributed by atoms with van der Waals surface area (Å²) in [5, 5.41) is 10.8. The number of nitro benzene ring substituents is 1. The van der Waals surface area contributed by atoms with Crippen LogP contribution in [0.25, 0.3) is 0 Å². The van der Waals surface area contributed by atoms with E-state index in [4.69, 9.17) is 5.73 Å². The number of nitro groups is 1. The van der Waals surface area contributed by atoms with Gasteiger partial charge in [-0.25, -0.2) is 8.42 Å². The van der Waals surface area contributed by atoms with E-state index < -0.39 is 14.8 Å². The molecule has 2 N–H and O–H groups in total. The molecule has 0 heterocycles. The minimum absolute atomic E-state index is 0.0191. The number of hydrogen-bond acceptors (Lipinski definition) is 5. The predicted octanol–water partition coefficient (Wildman–Crippen LogP) is 1.29. The van der Waals surface area contributed by atoms with Crippen molar-refractivity contribution in [3.63, 3.8) is 0 Å². The molecule has 0 aliphatic rings. The molecule has 106 valence electrons. The molecule has 0 aliphatic carbocycles. The van der Waals surface area contributed by atoms with Crippen molar-refractivity contribution in [2.45, 2.75) is 25.8 Å². The Kier molecular flexibility index (Phi) is 5.44. The second-order valence-electron chi connectivity index (χ2n) is 4.55. The zero-order valence-electron chi connectivity index (χ0n) is 10.8. The maximum Gasteiger partial charge on any atom is 0.272 e. The number of hydrogen-bond donors (Lipinski definition) is 1. The number of nitrogens with zero attached hydrogens (tertiary/aromatic N) is 1. The largest absolute Gasteiger partial charge is 0.328 e. The third-order valence-electron chi connectivity index (χ3n) is 2.75. The highest BCUT2D eigenvalue weighted by Gasteiger charge is 2.17. The molecule has 0 saturated carbocycles. The first-order valence-electron chi connectivity index (χ1n) is 6.00. The van der Waals surface area contributed by atoms with Gasteiger partial charge in [-0.2, -0.15) is 0 Å². The summed E-state index contributed by atoms with van der Waals surface area (Å²) in [6.07, 6.45) is 0.553. The van der Waals surface area contributed by atoms with E-state index in [1.807, 2.05) is 0 Å². The Bertz CT molecular complexity index is 540. The fourth-order valence-corrected chi connectivity index (χ4v) is 3.10. The Morgan fingerprint density at radius 3 is 2.53 bits per heavy atom. The molecule has 0 spiro atoms. The number of benzene rings is 1.